The average molecular weight is 963 g/mol. The molecule has 0 aliphatic rings. The molecule has 2 unspecified atom stereocenters. The van der Waals surface area contributed by atoms with Crippen LogP contribution in [0.3, 0.4) is 0 Å². The van der Waals surface area contributed by atoms with E-state index in [2.05, 4.69) is 19.2 Å². The number of carbonyl (C=O) groups excluding carboxylic acids is 2. The van der Waals surface area contributed by atoms with E-state index in [-0.39, 0.29) is 18.5 Å². The van der Waals surface area contributed by atoms with Crippen LogP contribution in [0.25, 0.3) is 0 Å². The molecule has 2 atom stereocenters. The number of aliphatic hydroxyl groups is 2. The molecule has 0 aromatic rings. The van der Waals surface area contributed by atoms with Gasteiger partial charge in [0.1, 0.15) is 0 Å². The second-order valence-electron chi connectivity index (χ2n) is 21.8. The predicted molar refractivity (Wildman–Crippen MR) is 297 cm³/mol. The van der Waals surface area contributed by atoms with Crippen molar-refractivity contribution >= 4 is 11.9 Å². The van der Waals surface area contributed by atoms with Crippen molar-refractivity contribution in [2.45, 2.75) is 373 Å². The number of hydrogen-bond acceptors (Lipinski definition) is 5. The maximum absolute atomic E-state index is 12.5. The van der Waals surface area contributed by atoms with Crippen LogP contribution in [0, 0.1) is 0 Å². The van der Waals surface area contributed by atoms with Gasteiger partial charge in [-0.1, -0.05) is 322 Å². The number of nitrogens with one attached hydrogen (secondary N) is 1. The third-order valence-electron chi connectivity index (χ3n) is 14.9. The van der Waals surface area contributed by atoms with Gasteiger partial charge < -0.3 is 20.3 Å². The smallest absolute Gasteiger partial charge is 0.305 e. The highest BCUT2D eigenvalue weighted by Gasteiger charge is 2.20. The lowest BCUT2D eigenvalue weighted by atomic mass is 10.0. The Morgan fingerprint density at radius 1 is 0.353 bits per heavy atom. The van der Waals surface area contributed by atoms with Crippen LogP contribution in [0.1, 0.15) is 361 Å². The second kappa shape index (κ2) is 58.4. The van der Waals surface area contributed by atoms with Crippen LogP contribution in [0.15, 0.2) is 0 Å². The Kier molecular flexibility index (Phi) is 57.5. The van der Waals surface area contributed by atoms with Crippen molar-refractivity contribution in [3.63, 3.8) is 0 Å². The maximum atomic E-state index is 12.5. The SMILES string of the molecule is CCCCCCCCCCCCCCCCCCCCC(O)C(CO)NC(=O)CCCCCCCCCCCCCCCCCCCOC(=O)CCCCCCCCCCCCCCCCCC. The van der Waals surface area contributed by atoms with E-state index >= 15 is 0 Å². The Morgan fingerprint density at radius 3 is 0.897 bits per heavy atom. The standard InChI is InChI=1S/C62H123NO5/c1-3-5-7-9-11-13-15-17-19-21-23-26-30-34-38-42-46-50-54-60(65)59(58-64)63-61(66)55-51-47-43-39-35-31-27-24-22-25-29-33-37-41-45-49-53-57-68-62(67)56-52-48-44-40-36-32-28-20-18-16-14-12-10-8-6-4-2/h59-60,64-65H,3-58H2,1-2H3,(H,63,66). The zero-order valence-corrected chi connectivity index (χ0v) is 46.4. The Hall–Kier alpha value is -1.14. The van der Waals surface area contributed by atoms with Crippen LogP contribution in [-0.2, 0) is 14.3 Å². The number of carbonyl (C=O) groups is 2. The van der Waals surface area contributed by atoms with Gasteiger partial charge in [-0.25, -0.2) is 0 Å². The van der Waals surface area contributed by atoms with E-state index in [1.807, 2.05) is 0 Å². The Balaban J connectivity index is 3.39. The Morgan fingerprint density at radius 2 is 0.603 bits per heavy atom. The summed E-state index contributed by atoms with van der Waals surface area (Å²) in [7, 11) is 0. The molecule has 68 heavy (non-hydrogen) atoms. The minimum Gasteiger partial charge on any atom is -0.466 e. The topological polar surface area (TPSA) is 95.9 Å². The van der Waals surface area contributed by atoms with Crippen molar-refractivity contribution in [3.05, 3.63) is 0 Å². The summed E-state index contributed by atoms with van der Waals surface area (Å²) in [6.07, 6.45) is 68.2. The molecule has 0 heterocycles. The molecule has 0 bridgehead atoms. The van der Waals surface area contributed by atoms with E-state index in [0.29, 0.717) is 25.9 Å². The summed E-state index contributed by atoms with van der Waals surface area (Å²) in [6.45, 7) is 4.98. The van der Waals surface area contributed by atoms with E-state index in [1.165, 1.54) is 289 Å². The van der Waals surface area contributed by atoms with Crippen molar-refractivity contribution in [2.75, 3.05) is 13.2 Å². The van der Waals surface area contributed by atoms with Crippen LogP contribution >= 0.6 is 0 Å². The third-order valence-corrected chi connectivity index (χ3v) is 14.9. The maximum Gasteiger partial charge on any atom is 0.305 e. The quantitative estimate of drug-likeness (QED) is 0.0417. The summed E-state index contributed by atoms with van der Waals surface area (Å²) >= 11 is 0. The van der Waals surface area contributed by atoms with Gasteiger partial charge in [-0.3, -0.25) is 9.59 Å². The number of esters is 1. The summed E-state index contributed by atoms with van der Waals surface area (Å²) in [6, 6.07) is -0.544. The lowest BCUT2D eigenvalue weighted by Gasteiger charge is -2.22. The molecule has 0 saturated carbocycles. The number of rotatable bonds is 59. The van der Waals surface area contributed by atoms with Gasteiger partial charge in [0.15, 0.2) is 0 Å². The molecule has 0 rings (SSSR count). The van der Waals surface area contributed by atoms with Crippen LogP contribution in [0.4, 0.5) is 0 Å². The fraction of sp³-hybridized carbons (Fsp3) is 0.968. The molecule has 0 radical (unpaired) electrons. The molecule has 6 nitrogen and oxygen atoms in total. The molecule has 6 heteroatoms. The molecule has 0 aliphatic heterocycles. The first-order chi connectivity index (χ1) is 33.5. The molecule has 406 valence electrons. The van der Waals surface area contributed by atoms with Gasteiger partial charge >= 0.3 is 5.97 Å². The number of aliphatic hydroxyl groups excluding tert-OH is 2. The minimum atomic E-state index is -0.667. The summed E-state index contributed by atoms with van der Waals surface area (Å²) in [4.78, 5) is 24.6. The van der Waals surface area contributed by atoms with Gasteiger partial charge in [-0.05, 0) is 25.7 Å². The second-order valence-corrected chi connectivity index (χ2v) is 21.8. The summed E-state index contributed by atoms with van der Waals surface area (Å²) in [5.41, 5.74) is 0. The van der Waals surface area contributed by atoms with Crippen molar-refractivity contribution < 1.29 is 24.5 Å². The van der Waals surface area contributed by atoms with E-state index < -0.39 is 12.1 Å². The molecular formula is C62H123NO5. The van der Waals surface area contributed by atoms with Crippen molar-refractivity contribution in [3.8, 4) is 0 Å². The van der Waals surface area contributed by atoms with Crippen LogP contribution in [0.5, 0.6) is 0 Å². The van der Waals surface area contributed by atoms with E-state index in [9.17, 15) is 19.8 Å². The van der Waals surface area contributed by atoms with E-state index in [1.54, 1.807) is 0 Å². The van der Waals surface area contributed by atoms with Crippen LogP contribution in [0.2, 0.25) is 0 Å². The highest BCUT2D eigenvalue weighted by molar-refractivity contribution is 5.76. The van der Waals surface area contributed by atoms with Crippen LogP contribution < -0.4 is 5.32 Å². The first-order valence-corrected chi connectivity index (χ1v) is 31.3. The molecule has 0 saturated heterocycles. The van der Waals surface area contributed by atoms with Gasteiger partial charge in [0, 0.05) is 12.8 Å². The molecule has 0 aromatic heterocycles. The van der Waals surface area contributed by atoms with Gasteiger partial charge in [-0.2, -0.15) is 0 Å². The highest BCUT2D eigenvalue weighted by Crippen LogP contribution is 2.19. The molecule has 1 amide bonds. The first kappa shape index (κ1) is 66.9. The zero-order valence-electron chi connectivity index (χ0n) is 46.4. The number of ether oxygens (including phenoxy) is 1. The van der Waals surface area contributed by atoms with E-state index in [4.69, 9.17) is 4.74 Å². The molecule has 3 N–H and O–H groups in total. The Labute approximate surface area is 426 Å². The van der Waals surface area contributed by atoms with Gasteiger partial charge in [0.2, 0.25) is 5.91 Å². The molecule has 0 spiro atoms. The third kappa shape index (κ3) is 54.2. The number of unbranched alkanes of at least 4 members (excludes halogenated alkanes) is 48. The van der Waals surface area contributed by atoms with Crippen LogP contribution in [-0.4, -0.2) is 47.4 Å². The van der Waals surface area contributed by atoms with Gasteiger partial charge in [-0.15, -0.1) is 0 Å². The number of amides is 1. The van der Waals surface area contributed by atoms with Crippen molar-refractivity contribution in [2.24, 2.45) is 0 Å². The molecule has 0 aromatic carbocycles. The monoisotopic (exact) mass is 962 g/mol. The lowest BCUT2D eigenvalue weighted by Crippen LogP contribution is -2.45. The zero-order chi connectivity index (χ0) is 49.3. The number of hydrogen-bond donors (Lipinski definition) is 3. The molecular weight excluding hydrogens is 839 g/mol. The molecule has 0 fully saturated rings. The normalized spacial score (nSPS) is 12.5. The van der Waals surface area contributed by atoms with Crippen molar-refractivity contribution in [1.29, 1.82) is 0 Å². The average Bonchev–Trinajstić information content (AvgIpc) is 3.34. The largest absolute Gasteiger partial charge is 0.466 e. The van der Waals surface area contributed by atoms with Crippen molar-refractivity contribution in [1.82, 2.24) is 5.32 Å². The minimum absolute atomic E-state index is 0.0102. The fourth-order valence-corrected chi connectivity index (χ4v) is 10.1. The van der Waals surface area contributed by atoms with E-state index in [0.717, 1.165) is 38.5 Å². The predicted octanol–water partition coefficient (Wildman–Crippen LogP) is 19.5. The Bertz CT molecular complexity index is 975. The fourth-order valence-electron chi connectivity index (χ4n) is 10.1. The lowest BCUT2D eigenvalue weighted by molar-refractivity contribution is -0.143. The molecule has 0 aliphatic carbocycles. The van der Waals surface area contributed by atoms with Gasteiger partial charge in [0.25, 0.3) is 0 Å². The summed E-state index contributed by atoms with van der Waals surface area (Å²) in [5, 5.41) is 23.3. The summed E-state index contributed by atoms with van der Waals surface area (Å²) < 4.78 is 5.49. The summed E-state index contributed by atoms with van der Waals surface area (Å²) in [5.74, 6) is -0.0259. The first-order valence-electron chi connectivity index (χ1n) is 31.3. The van der Waals surface area contributed by atoms with Gasteiger partial charge in [0.05, 0.1) is 25.4 Å². The highest BCUT2D eigenvalue weighted by atomic mass is 16.5.